The Hall–Kier alpha value is -2.21. The van der Waals surface area contributed by atoms with Gasteiger partial charge in [0.2, 0.25) is 6.79 Å². The van der Waals surface area contributed by atoms with Crippen LogP contribution in [0.15, 0.2) is 18.2 Å². The molecular weight excluding hydrogens is 280 g/mol. The van der Waals surface area contributed by atoms with Crippen LogP contribution in [0.2, 0.25) is 0 Å². The van der Waals surface area contributed by atoms with Crippen LogP contribution in [0.25, 0.3) is 0 Å². The number of ether oxygens (including phenoxy) is 2. The molecule has 1 aliphatic heterocycles. The Morgan fingerprint density at radius 3 is 2.86 bits per heavy atom. The van der Waals surface area contributed by atoms with E-state index in [9.17, 15) is 0 Å². The number of fused-ring (bicyclic) bond motifs is 1. The largest absolute Gasteiger partial charge is 0.454 e. The monoisotopic (exact) mass is 302 g/mol. The molecule has 0 spiro atoms. The van der Waals surface area contributed by atoms with Crippen molar-refractivity contribution in [3.8, 4) is 11.5 Å². The lowest BCUT2D eigenvalue weighted by Gasteiger charge is -2.16. The van der Waals surface area contributed by atoms with E-state index in [1.807, 2.05) is 44.9 Å². The lowest BCUT2D eigenvalue weighted by Crippen LogP contribution is -2.19. The summed E-state index contributed by atoms with van der Waals surface area (Å²) in [5.41, 5.74) is 3.39. The first-order valence-corrected chi connectivity index (χ1v) is 7.36. The predicted octanol–water partition coefficient (Wildman–Crippen LogP) is 1.81. The second-order valence-corrected chi connectivity index (χ2v) is 5.66. The zero-order valence-electron chi connectivity index (χ0n) is 13.5. The normalized spacial score (nSPS) is 12.7. The van der Waals surface area contributed by atoms with Crippen molar-refractivity contribution in [3.63, 3.8) is 0 Å². The third-order valence-electron chi connectivity index (χ3n) is 3.83. The standard InChI is InChI=1S/C16H22N4O2/c1-11-13(16(19(2)3)20(4)18-11)9-17-8-12-6-5-7-14-15(12)22-10-21-14/h5-7,17H,8-10H2,1-4H3. The van der Waals surface area contributed by atoms with Gasteiger partial charge in [-0.2, -0.15) is 5.10 Å². The first-order valence-electron chi connectivity index (χ1n) is 7.36. The van der Waals surface area contributed by atoms with Gasteiger partial charge in [-0.15, -0.1) is 0 Å². The van der Waals surface area contributed by atoms with Crippen molar-refractivity contribution in [2.24, 2.45) is 7.05 Å². The lowest BCUT2D eigenvalue weighted by molar-refractivity contribution is 0.173. The lowest BCUT2D eigenvalue weighted by atomic mass is 10.1. The summed E-state index contributed by atoms with van der Waals surface area (Å²) in [5, 5.41) is 7.99. The third kappa shape index (κ3) is 2.62. The van der Waals surface area contributed by atoms with Crippen LogP contribution in [-0.2, 0) is 20.1 Å². The fourth-order valence-corrected chi connectivity index (χ4v) is 2.91. The van der Waals surface area contributed by atoms with Crippen molar-refractivity contribution in [1.82, 2.24) is 15.1 Å². The predicted molar refractivity (Wildman–Crippen MR) is 85.4 cm³/mol. The Morgan fingerprint density at radius 2 is 2.09 bits per heavy atom. The maximum atomic E-state index is 5.54. The van der Waals surface area contributed by atoms with Crippen LogP contribution in [-0.4, -0.2) is 30.7 Å². The Balaban J connectivity index is 1.71. The van der Waals surface area contributed by atoms with Gasteiger partial charge in [0.1, 0.15) is 5.82 Å². The number of hydrogen-bond acceptors (Lipinski definition) is 5. The molecule has 0 radical (unpaired) electrons. The van der Waals surface area contributed by atoms with Crippen molar-refractivity contribution in [2.75, 3.05) is 25.8 Å². The molecule has 0 bridgehead atoms. The second-order valence-electron chi connectivity index (χ2n) is 5.66. The van der Waals surface area contributed by atoms with Gasteiger partial charge < -0.3 is 19.7 Å². The van der Waals surface area contributed by atoms with Crippen molar-refractivity contribution >= 4 is 5.82 Å². The molecule has 0 amide bonds. The summed E-state index contributed by atoms with van der Waals surface area (Å²) >= 11 is 0. The molecule has 0 fully saturated rings. The van der Waals surface area contributed by atoms with E-state index in [4.69, 9.17) is 9.47 Å². The molecule has 6 heteroatoms. The molecule has 1 aromatic carbocycles. The molecule has 1 aliphatic rings. The second kappa shape index (κ2) is 5.88. The molecule has 0 saturated heterocycles. The molecule has 0 saturated carbocycles. The number of hydrogen-bond donors (Lipinski definition) is 1. The Bertz CT molecular complexity index is 679. The highest BCUT2D eigenvalue weighted by molar-refractivity contribution is 5.50. The smallest absolute Gasteiger partial charge is 0.231 e. The summed E-state index contributed by atoms with van der Waals surface area (Å²) in [6, 6.07) is 5.98. The van der Waals surface area contributed by atoms with Crippen LogP contribution in [0.3, 0.4) is 0 Å². The van der Waals surface area contributed by atoms with E-state index in [2.05, 4.69) is 21.4 Å². The number of nitrogens with one attached hydrogen (secondary N) is 1. The highest BCUT2D eigenvalue weighted by Gasteiger charge is 2.18. The van der Waals surface area contributed by atoms with E-state index in [0.29, 0.717) is 6.79 Å². The van der Waals surface area contributed by atoms with Crippen LogP contribution < -0.4 is 19.7 Å². The maximum absolute atomic E-state index is 5.54. The molecule has 0 unspecified atom stereocenters. The fraction of sp³-hybridized carbons (Fsp3) is 0.438. The van der Waals surface area contributed by atoms with Gasteiger partial charge in [0, 0.05) is 45.4 Å². The molecule has 2 aromatic rings. The maximum Gasteiger partial charge on any atom is 0.231 e. The summed E-state index contributed by atoms with van der Waals surface area (Å²) in [5.74, 6) is 2.81. The van der Waals surface area contributed by atoms with Gasteiger partial charge >= 0.3 is 0 Å². The highest BCUT2D eigenvalue weighted by atomic mass is 16.7. The highest BCUT2D eigenvalue weighted by Crippen LogP contribution is 2.35. The minimum atomic E-state index is 0.304. The van der Waals surface area contributed by atoms with E-state index in [1.165, 1.54) is 5.56 Å². The van der Waals surface area contributed by atoms with Gasteiger partial charge in [0.15, 0.2) is 11.5 Å². The Morgan fingerprint density at radius 1 is 1.27 bits per heavy atom. The quantitative estimate of drug-likeness (QED) is 0.913. The van der Waals surface area contributed by atoms with Crippen molar-refractivity contribution < 1.29 is 9.47 Å². The number of rotatable bonds is 5. The molecule has 1 aromatic heterocycles. The average Bonchev–Trinajstić information content (AvgIpc) is 3.04. The molecule has 0 aliphatic carbocycles. The number of anilines is 1. The average molecular weight is 302 g/mol. The molecule has 6 nitrogen and oxygen atoms in total. The van der Waals surface area contributed by atoms with Crippen molar-refractivity contribution in [2.45, 2.75) is 20.0 Å². The summed E-state index contributed by atoms with van der Waals surface area (Å²) < 4.78 is 12.9. The Labute approximate surface area is 130 Å². The molecular formula is C16H22N4O2. The fourth-order valence-electron chi connectivity index (χ4n) is 2.91. The number of nitrogens with zero attached hydrogens (tertiary/aromatic N) is 3. The van der Waals surface area contributed by atoms with Crippen LogP contribution in [0.4, 0.5) is 5.82 Å². The summed E-state index contributed by atoms with van der Waals surface area (Å²) in [7, 11) is 6.05. The Kier molecular flexibility index (Phi) is 3.94. The van der Waals surface area contributed by atoms with Crippen LogP contribution in [0, 0.1) is 6.92 Å². The van der Waals surface area contributed by atoms with Crippen molar-refractivity contribution in [3.05, 3.63) is 35.0 Å². The van der Waals surface area contributed by atoms with Crippen molar-refractivity contribution in [1.29, 1.82) is 0 Å². The van der Waals surface area contributed by atoms with E-state index >= 15 is 0 Å². The van der Waals surface area contributed by atoms with E-state index in [1.54, 1.807) is 0 Å². The molecule has 3 rings (SSSR count). The SMILES string of the molecule is Cc1nn(C)c(N(C)C)c1CNCc1cccc2c1OCO2. The minimum absolute atomic E-state index is 0.304. The van der Waals surface area contributed by atoms with Gasteiger partial charge in [-0.1, -0.05) is 12.1 Å². The first kappa shape index (κ1) is 14.7. The minimum Gasteiger partial charge on any atom is -0.454 e. The summed E-state index contributed by atoms with van der Waals surface area (Å²) in [6.07, 6.45) is 0. The first-order chi connectivity index (χ1) is 10.6. The molecule has 0 atom stereocenters. The van der Waals surface area contributed by atoms with Gasteiger partial charge in [-0.05, 0) is 13.0 Å². The summed E-state index contributed by atoms with van der Waals surface area (Å²) in [4.78, 5) is 2.09. The molecule has 22 heavy (non-hydrogen) atoms. The number of para-hydroxylation sites is 1. The van der Waals surface area contributed by atoms with Gasteiger partial charge in [-0.3, -0.25) is 4.68 Å². The summed E-state index contributed by atoms with van der Waals surface area (Å²) in [6.45, 7) is 3.84. The molecule has 2 heterocycles. The van der Waals surface area contributed by atoms with Crippen LogP contribution >= 0.6 is 0 Å². The van der Waals surface area contributed by atoms with Gasteiger partial charge in [-0.25, -0.2) is 0 Å². The third-order valence-corrected chi connectivity index (χ3v) is 3.83. The zero-order chi connectivity index (χ0) is 15.7. The molecule has 1 N–H and O–H groups in total. The van der Waals surface area contributed by atoms with Crippen LogP contribution in [0.1, 0.15) is 16.8 Å². The van der Waals surface area contributed by atoms with E-state index < -0.39 is 0 Å². The topological polar surface area (TPSA) is 51.6 Å². The number of aromatic nitrogens is 2. The van der Waals surface area contributed by atoms with Crippen LogP contribution in [0.5, 0.6) is 11.5 Å². The van der Waals surface area contributed by atoms with Gasteiger partial charge in [0.05, 0.1) is 5.69 Å². The molecule has 118 valence electrons. The zero-order valence-corrected chi connectivity index (χ0v) is 13.5. The van der Waals surface area contributed by atoms with Gasteiger partial charge in [0.25, 0.3) is 0 Å². The van der Waals surface area contributed by atoms with E-state index in [0.717, 1.165) is 41.7 Å². The van der Waals surface area contributed by atoms with E-state index in [-0.39, 0.29) is 0 Å². The number of aryl methyl sites for hydroxylation is 2. The number of benzene rings is 1.